The predicted octanol–water partition coefficient (Wildman–Crippen LogP) is 2.41. The number of nitro groups is 1. The van der Waals surface area contributed by atoms with Crippen LogP contribution >= 0.6 is 15.9 Å². The van der Waals surface area contributed by atoms with Gasteiger partial charge in [0.15, 0.2) is 0 Å². The molecule has 1 rings (SSSR count). The second kappa shape index (κ2) is 5.41. The number of carbonyl (C=O) groups excluding carboxylic acids is 1. The minimum atomic E-state index is -0.681. The van der Waals surface area contributed by atoms with E-state index in [0.717, 1.165) is 6.07 Å². The van der Waals surface area contributed by atoms with Gasteiger partial charge in [0.2, 0.25) is 0 Å². The quantitative estimate of drug-likeness (QED) is 0.485. The minimum Gasteiger partial charge on any atom is -0.462 e. The summed E-state index contributed by atoms with van der Waals surface area (Å²) in [6.07, 6.45) is 0. The molecule has 0 heterocycles. The third-order valence-electron chi connectivity index (χ3n) is 1.90. The maximum absolute atomic E-state index is 11.5. The van der Waals surface area contributed by atoms with E-state index in [1.165, 1.54) is 6.07 Å². The number of nitrogens with zero attached hydrogens (tertiary/aromatic N) is 2. The number of carbonyl (C=O) groups is 1. The summed E-state index contributed by atoms with van der Waals surface area (Å²) in [6.45, 7) is 1.79. The number of nitriles is 1. The number of ether oxygens (including phenoxy) is 1. The zero-order valence-corrected chi connectivity index (χ0v) is 10.4. The van der Waals surface area contributed by atoms with Crippen LogP contribution in [0.1, 0.15) is 22.8 Å². The normalized spacial score (nSPS) is 9.47. The molecule has 0 amide bonds. The van der Waals surface area contributed by atoms with Crippen LogP contribution in [0.3, 0.4) is 0 Å². The lowest BCUT2D eigenvalue weighted by Gasteiger charge is -2.04. The molecule has 7 heteroatoms. The van der Waals surface area contributed by atoms with Crippen LogP contribution in [0, 0.1) is 21.4 Å². The van der Waals surface area contributed by atoms with Crippen LogP contribution in [0.5, 0.6) is 0 Å². The van der Waals surface area contributed by atoms with E-state index in [1.807, 2.05) is 0 Å². The highest BCUT2D eigenvalue weighted by molar-refractivity contribution is 9.10. The van der Waals surface area contributed by atoms with Crippen molar-refractivity contribution in [1.29, 1.82) is 5.26 Å². The van der Waals surface area contributed by atoms with Crippen LogP contribution in [0.4, 0.5) is 5.69 Å². The highest BCUT2D eigenvalue weighted by atomic mass is 79.9. The van der Waals surface area contributed by atoms with Gasteiger partial charge in [-0.15, -0.1) is 0 Å². The van der Waals surface area contributed by atoms with E-state index in [2.05, 4.69) is 15.9 Å². The first-order valence-corrected chi connectivity index (χ1v) is 5.35. The monoisotopic (exact) mass is 298 g/mol. The lowest BCUT2D eigenvalue weighted by Crippen LogP contribution is -2.07. The molecule has 0 saturated heterocycles. The smallest absolute Gasteiger partial charge is 0.339 e. The summed E-state index contributed by atoms with van der Waals surface area (Å²) in [6, 6.07) is 3.99. The Morgan fingerprint density at radius 3 is 2.76 bits per heavy atom. The average molecular weight is 299 g/mol. The molecule has 88 valence electrons. The van der Waals surface area contributed by atoms with E-state index >= 15 is 0 Å². The van der Waals surface area contributed by atoms with Crippen LogP contribution in [0.2, 0.25) is 0 Å². The minimum absolute atomic E-state index is 0.00632. The van der Waals surface area contributed by atoms with E-state index in [-0.39, 0.29) is 27.9 Å². The van der Waals surface area contributed by atoms with E-state index in [9.17, 15) is 14.9 Å². The lowest BCUT2D eigenvalue weighted by atomic mass is 10.1. The second-order valence-electron chi connectivity index (χ2n) is 2.94. The molecule has 0 N–H and O–H groups in total. The topological polar surface area (TPSA) is 93.2 Å². The van der Waals surface area contributed by atoms with Gasteiger partial charge >= 0.3 is 5.97 Å². The van der Waals surface area contributed by atoms with Crippen molar-refractivity contribution in [2.45, 2.75) is 6.92 Å². The summed E-state index contributed by atoms with van der Waals surface area (Å²) in [5.74, 6) is -0.681. The third kappa shape index (κ3) is 2.79. The number of hydrogen-bond acceptors (Lipinski definition) is 5. The standard InChI is InChI=1S/C10H7BrN2O4/c1-2-17-10(14)7-4-8(11)9(13(15)16)3-6(7)5-12/h3-4H,2H2,1H3. The van der Waals surface area contributed by atoms with E-state index < -0.39 is 10.9 Å². The molecule has 0 aliphatic carbocycles. The Labute approximate surface area is 105 Å². The highest BCUT2D eigenvalue weighted by Crippen LogP contribution is 2.28. The van der Waals surface area contributed by atoms with Crippen LogP contribution in [-0.4, -0.2) is 17.5 Å². The van der Waals surface area contributed by atoms with E-state index in [0.29, 0.717) is 0 Å². The largest absolute Gasteiger partial charge is 0.462 e. The summed E-state index contributed by atoms with van der Waals surface area (Å²) in [5, 5.41) is 19.5. The van der Waals surface area contributed by atoms with Crippen molar-refractivity contribution in [1.82, 2.24) is 0 Å². The van der Waals surface area contributed by atoms with Gasteiger partial charge in [0.25, 0.3) is 5.69 Å². The molecular formula is C10H7BrN2O4. The van der Waals surface area contributed by atoms with Crippen molar-refractivity contribution in [2.24, 2.45) is 0 Å². The molecule has 0 saturated carbocycles. The summed E-state index contributed by atoms with van der Waals surface area (Å²) >= 11 is 2.97. The molecule has 0 aromatic heterocycles. The SMILES string of the molecule is CCOC(=O)c1cc(Br)c([N+](=O)[O-])cc1C#N. The molecule has 0 unspecified atom stereocenters. The molecule has 0 bridgehead atoms. The molecule has 1 aromatic rings. The summed E-state index contributed by atoms with van der Waals surface area (Å²) < 4.78 is 4.87. The van der Waals surface area contributed by atoms with Crippen molar-refractivity contribution in [3.05, 3.63) is 37.8 Å². The third-order valence-corrected chi connectivity index (χ3v) is 2.53. The Kier molecular flexibility index (Phi) is 4.17. The highest BCUT2D eigenvalue weighted by Gasteiger charge is 2.20. The Hall–Kier alpha value is -1.94. The van der Waals surface area contributed by atoms with Crippen LogP contribution < -0.4 is 0 Å². The van der Waals surface area contributed by atoms with Crippen molar-refractivity contribution < 1.29 is 14.5 Å². The Morgan fingerprint density at radius 1 is 1.65 bits per heavy atom. The maximum atomic E-state index is 11.5. The molecule has 0 atom stereocenters. The lowest BCUT2D eigenvalue weighted by molar-refractivity contribution is -0.385. The number of rotatable bonds is 3. The average Bonchev–Trinajstić information content (AvgIpc) is 2.28. The predicted molar refractivity (Wildman–Crippen MR) is 61.5 cm³/mol. The van der Waals surface area contributed by atoms with Crippen LogP contribution in [0.15, 0.2) is 16.6 Å². The van der Waals surface area contributed by atoms with Gasteiger partial charge in [0.1, 0.15) is 6.07 Å². The fraction of sp³-hybridized carbons (Fsp3) is 0.200. The van der Waals surface area contributed by atoms with Crippen LogP contribution in [0.25, 0.3) is 0 Å². The van der Waals surface area contributed by atoms with Gasteiger partial charge in [-0.2, -0.15) is 5.26 Å². The Balaban J connectivity index is 3.34. The van der Waals surface area contributed by atoms with Crippen LogP contribution in [-0.2, 0) is 4.74 Å². The number of hydrogen-bond donors (Lipinski definition) is 0. The number of esters is 1. The molecule has 0 aliphatic heterocycles. The van der Waals surface area contributed by atoms with E-state index in [1.54, 1.807) is 13.0 Å². The molecular weight excluding hydrogens is 292 g/mol. The zero-order valence-electron chi connectivity index (χ0n) is 8.77. The van der Waals surface area contributed by atoms with Crippen molar-refractivity contribution in [2.75, 3.05) is 6.61 Å². The van der Waals surface area contributed by atoms with Gasteiger partial charge in [-0.25, -0.2) is 4.79 Å². The molecule has 6 nitrogen and oxygen atoms in total. The second-order valence-corrected chi connectivity index (χ2v) is 3.79. The first kappa shape index (κ1) is 13.1. The summed E-state index contributed by atoms with van der Waals surface area (Å²) in [7, 11) is 0. The molecule has 0 spiro atoms. The van der Waals surface area contributed by atoms with E-state index in [4.69, 9.17) is 10.00 Å². The fourth-order valence-corrected chi connectivity index (χ4v) is 1.66. The number of benzene rings is 1. The number of halogens is 1. The molecule has 0 radical (unpaired) electrons. The van der Waals surface area contributed by atoms with Crippen molar-refractivity contribution >= 4 is 27.6 Å². The fourth-order valence-electron chi connectivity index (χ4n) is 1.17. The first-order chi connectivity index (χ1) is 8.01. The van der Waals surface area contributed by atoms with Crippen molar-refractivity contribution in [3.8, 4) is 6.07 Å². The van der Waals surface area contributed by atoms with Gasteiger partial charge in [-0.1, -0.05) is 0 Å². The van der Waals surface area contributed by atoms with Crippen molar-refractivity contribution in [3.63, 3.8) is 0 Å². The summed E-state index contributed by atoms with van der Waals surface area (Å²) in [5.41, 5.74) is -0.347. The van der Waals surface area contributed by atoms with Gasteiger partial charge in [0.05, 0.1) is 27.1 Å². The molecule has 0 fully saturated rings. The van der Waals surface area contributed by atoms with Gasteiger partial charge in [-0.3, -0.25) is 10.1 Å². The number of nitro benzene ring substituents is 1. The first-order valence-electron chi connectivity index (χ1n) is 4.56. The zero-order chi connectivity index (χ0) is 13.0. The molecule has 17 heavy (non-hydrogen) atoms. The maximum Gasteiger partial charge on any atom is 0.339 e. The van der Waals surface area contributed by atoms with Gasteiger partial charge in [0, 0.05) is 6.07 Å². The van der Waals surface area contributed by atoms with Gasteiger partial charge in [-0.05, 0) is 28.9 Å². The molecule has 0 aliphatic rings. The van der Waals surface area contributed by atoms with Gasteiger partial charge < -0.3 is 4.74 Å². The Bertz CT molecular complexity index is 522. The Morgan fingerprint density at radius 2 is 2.29 bits per heavy atom. The summed E-state index contributed by atoms with van der Waals surface area (Å²) in [4.78, 5) is 21.5. The molecule has 1 aromatic carbocycles.